The zero-order valence-corrected chi connectivity index (χ0v) is 24.5. The molecule has 4 rings (SSSR count). The average Bonchev–Trinajstić information content (AvgIpc) is 2.99. The fourth-order valence-electron chi connectivity index (χ4n) is 4.32. The van der Waals surface area contributed by atoms with Crippen LogP contribution in [-0.2, 0) is 16.1 Å². The predicted molar refractivity (Wildman–Crippen MR) is 158 cm³/mol. The Bertz CT molecular complexity index is 1630. The van der Waals surface area contributed by atoms with Gasteiger partial charge in [-0.1, -0.05) is 18.2 Å². The summed E-state index contributed by atoms with van der Waals surface area (Å²) in [7, 11) is 1.23. The van der Waals surface area contributed by atoms with Crippen molar-refractivity contribution in [1.29, 1.82) is 0 Å². The Labute approximate surface area is 252 Å². The molecule has 0 saturated carbocycles. The van der Waals surface area contributed by atoms with Crippen molar-refractivity contribution in [3.63, 3.8) is 0 Å². The lowest BCUT2D eigenvalue weighted by Crippen LogP contribution is -2.33. The third kappa shape index (κ3) is 8.09. The molecule has 1 heterocycles. The van der Waals surface area contributed by atoms with Crippen molar-refractivity contribution < 1.29 is 41.7 Å². The van der Waals surface area contributed by atoms with Crippen LogP contribution in [-0.4, -0.2) is 42.9 Å². The maximum Gasteiger partial charge on any atom is 0.491 e. The molecule has 0 spiro atoms. The zero-order chi connectivity index (χ0) is 31.9. The molecule has 1 unspecified atom stereocenters. The quantitative estimate of drug-likeness (QED) is 0.141. The summed E-state index contributed by atoms with van der Waals surface area (Å²) in [5, 5.41) is 8.03. The number of halogens is 3. The molecule has 0 aliphatic carbocycles. The number of alkyl halides is 3. The molecule has 0 fully saturated rings. The van der Waals surface area contributed by atoms with E-state index in [1.54, 1.807) is 30.6 Å². The number of carbonyl (C=O) groups is 2. The number of amides is 1. The lowest BCUT2D eigenvalue weighted by molar-refractivity contribution is -0.189. The summed E-state index contributed by atoms with van der Waals surface area (Å²) in [5.41, 5.74) is 1.78. The fourth-order valence-corrected chi connectivity index (χ4v) is 4.32. The molecule has 0 radical (unpaired) electrons. The zero-order valence-electron chi connectivity index (χ0n) is 24.5. The van der Waals surface area contributed by atoms with E-state index in [2.05, 4.69) is 20.4 Å². The molecule has 4 aromatic rings. The highest BCUT2D eigenvalue weighted by molar-refractivity contribution is 5.89. The van der Waals surface area contributed by atoms with Crippen molar-refractivity contribution in [3.8, 4) is 23.0 Å². The van der Waals surface area contributed by atoms with E-state index in [0.717, 1.165) is 10.8 Å². The normalized spacial score (nSPS) is 12.0. The number of esters is 1. The minimum atomic E-state index is -5.16. The van der Waals surface area contributed by atoms with E-state index in [9.17, 15) is 22.8 Å². The molecule has 0 bridgehead atoms. The van der Waals surface area contributed by atoms with Crippen LogP contribution in [0.1, 0.15) is 37.9 Å². The molecule has 0 aliphatic rings. The van der Waals surface area contributed by atoms with E-state index in [1.165, 1.54) is 25.3 Å². The van der Waals surface area contributed by atoms with E-state index >= 15 is 0 Å². The van der Waals surface area contributed by atoms with Crippen molar-refractivity contribution in [2.24, 2.45) is 0 Å². The molecule has 12 heteroatoms. The van der Waals surface area contributed by atoms with Crippen LogP contribution in [0.5, 0.6) is 23.0 Å². The number of hydrogen-bond acceptors (Lipinski definition) is 8. The lowest BCUT2D eigenvalue weighted by Gasteiger charge is -2.22. The summed E-state index contributed by atoms with van der Waals surface area (Å²) < 4.78 is 59.2. The average molecular weight is 612 g/mol. The number of benzene rings is 3. The second kappa shape index (κ2) is 14.0. The molecule has 0 aliphatic heterocycles. The summed E-state index contributed by atoms with van der Waals surface area (Å²) in [6.07, 6.45) is -1.83. The van der Waals surface area contributed by atoms with Crippen LogP contribution >= 0.6 is 0 Å². The monoisotopic (exact) mass is 611 g/mol. The minimum absolute atomic E-state index is 0.00286. The Balaban J connectivity index is 1.61. The van der Waals surface area contributed by atoms with E-state index in [4.69, 9.17) is 14.2 Å². The largest absolute Gasteiger partial charge is 0.493 e. The number of pyridine rings is 1. The van der Waals surface area contributed by atoms with Gasteiger partial charge in [0.1, 0.15) is 6.04 Å². The number of fused-ring (bicyclic) bond motifs is 1. The minimum Gasteiger partial charge on any atom is -0.493 e. The van der Waals surface area contributed by atoms with Gasteiger partial charge in [-0.05, 0) is 79.7 Å². The fraction of sp³-hybridized carbons (Fsp3) is 0.281. The smallest absolute Gasteiger partial charge is 0.491 e. The van der Waals surface area contributed by atoms with Crippen LogP contribution in [0.3, 0.4) is 0 Å². The van der Waals surface area contributed by atoms with E-state index in [1.807, 2.05) is 45.0 Å². The molecule has 9 nitrogen and oxygen atoms in total. The van der Waals surface area contributed by atoms with Gasteiger partial charge in [0.2, 0.25) is 5.91 Å². The van der Waals surface area contributed by atoms with Gasteiger partial charge >= 0.3 is 12.1 Å². The maximum atomic E-state index is 13.7. The first-order valence-corrected chi connectivity index (χ1v) is 13.8. The lowest BCUT2D eigenvalue weighted by atomic mass is 10.0. The summed E-state index contributed by atoms with van der Waals surface area (Å²) >= 11 is 0. The summed E-state index contributed by atoms with van der Waals surface area (Å²) in [6, 6.07) is 15.9. The van der Waals surface area contributed by atoms with Crippen LogP contribution < -0.4 is 29.6 Å². The van der Waals surface area contributed by atoms with Gasteiger partial charge in [-0.25, -0.2) is 4.79 Å². The number of rotatable bonds is 12. The van der Waals surface area contributed by atoms with Gasteiger partial charge in [0.05, 0.1) is 19.8 Å². The number of anilines is 1. The molecule has 44 heavy (non-hydrogen) atoms. The molecule has 1 aromatic heterocycles. The molecule has 2 N–H and O–H groups in total. The first kappa shape index (κ1) is 31.9. The molecule has 3 aromatic carbocycles. The summed E-state index contributed by atoms with van der Waals surface area (Å²) in [5.74, 6) is -2.24. The molecular formula is C32H32F3N3O6. The van der Waals surface area contributed by atoms with Gasteiger partial charge in [0, 0.05) is 30.0 Å². The highest BCUT2D eigenvalue weighted by atomic mass is 19.4. The predicted octanol–water partition coefficient (Wildman–Crippen LogP) is 6.37. The Morgan fingerprint density at radius 2 is 1.68 bits per heavy atom. The van der Waals surface area contributed by atoms with Crippen LogP contribution in [0.25, 0.3) is 10.8 Å². The van der Waals surface area contributed by atoms with E-state index in [-0.39, 0.29) is 18.4 Å². The summed E-state index contributed by atoms with van der Waals surface area (Å²) in [6.45, 7) is 6.03. The topological polar surface area (TPSA) is 108 Å². The van der Waals surface area contributed by atoms with Gasteiger partial charge in [-0.3, -0.25) is 9.78 Å². The second-order valence-corrected chi connectivity index (χ2v) is 9.91. The SMILES string of the molecule is CCOc1cc(C(Nc2ccc3cnccc3c2)C(=O)NCc2ccc(OC(=O)C(F)(F)F)c(OC)c2)ccc1OC(C)C. The number of carbonyl (C=O) groups excluding carboxylic acids is 2. The maximum absolute atomic E-state index is 13.7. The van der Waals surface area contributed by atoms with Crippen molar-refractivity contribution >= 4 is 28.3 Å². The first-order chi connectivity index (χ1) is 21.0. The highest BCUT2D eigenvalue weighted by Crippen LogP contribution is 2.34. The molecule has 1 atom stereocenters. The number of methoxy groups -OCH3 is 1. The third-order valence-electron chi connectivity index (χ3n) is 6.31. The van der Waals surface area contributed by atoms with Gasteiger partial charge in [0.25, 0.3) is 0 Å². The summed E-state index contributed by atoms with van der Waals surface area (Å²) in [4.78, 5) is 29.1. The van der Waals surface area contributed by atoms with Crippen molar-refractivity contribution in [1.82, 2.24) is 10.3 Å². The van der Waals surface area contributed by atoms with Gasteiger partial charge < -0.3 is 29.6 Å². The molecule has 0 saturated heterocycles. The van der Waals surface area contributed by atoms with E-state index in [0.29, 0.717) is 34.9 Å². The first-order valence-electron chi connectivity index (χ1n) is 13.8. The number of nitrogens with one attached hydrogen (secondary N) is 2. The number of aromatic nitrogens is 1. The van der Waals surface area contributed by atoms with Crippen molar-refractivity contribution in [2.45, 2.75) is 45.6 Å². The molecule has 1 amide bonds. The number of ether oxygens (including phenoxy) is 4. The van der Waals surface area contributed by atoms with Gasteiger partial charge in [-0.15, -0.1) is 0 Å². The number of hydrogen-bond donors (Lipinski definition) is 2. The third-order valence-corrected chi connectivity index (χ3v) is 6.31. The molecular weight excluding hydrogens is 579 g/mol. The van der Waals surface area contributed by atoms with Crippen LogP contribution in [0.4, 0.5) is 18.9 Å². The van der Waals surface area contributed by atoms with Gasteiger partial charge in [-0.2, -0.15) is 13.2 Å². The Morgan fingerprint density at radius 1 is 0.909 bits per heavy atom. The van der Waals surface area contributed by atoms with E-state index < -0.39 is 29.8 Å². The Kier molecular flexibility index (Phi) is 10.1. The second-order valence-electron chi connectivity index (χ2n) is 9.91. The van der Waals surface area contributed by atoms with Crippen LogP contribution in [0.15, 0.2) is 73.1 Å². The van der Waals surface area contributed by atoms with Crippen LogP contribution in [0.2, 0.25) is 0 Å². The number of nitrogens with zero attached hydrogens (tertiary/aromatic N) is 1. The Morgan fingerprint density at radius 3 is 2.39 bits per heavy atom. The van der Waals surface area contributed by atoms with Crippen LogP contribution in [0, 0.1) is 0 Å². The van der Waals surface area contributed by atoms with Crippen molar-refractivity contribution in [2.75, 3.05) is 19.0 Å². The highest BCUT2D eigenvalue weighted by Gasteiger charge is 2.41. The standard InChI is InChI=1S/C32H32F3N3O6/c1-5-42-28-16-22(8-11-26(28)43-19(2)3)29(38-24-9-7-23-18-36-13-12-21(23)15-24)30(39)37-17-20-6-10-25(27(14-20)41-4)44-31(40)32(33,34)35/h6-16,18-19,29,38H,5,17H2,1-4H3,(H,37,39). The molecule has 232 valence electrons. The van der Waals surface area contributed by atoms with Crippen molar-refractivity contribution in [3.05, 3.63) is 84.2 Å². The Hall–Kier alpha value is -5.00. The van der Waals surface area contributed by atoms with Gasteiger partial charge in [0.15, 0.2) is 23.0 Å².